The van der Waals surface area contributed by atoms with Crippen molar-refractivity contribution in [2.24, 2.45) is 0 Å². The van der Waals surface area contributed by atoms with Crippen molar-refractivity contribution in [2.45, 2.75) is 93.6 Å². The Balaban J connectivity index is 1.17. The highest BCUT2D eigenvalue weighted by Gasteiger charge is 2.37. The van der Waals surface area contributed by atoms with E-state index in [0.29, 0.717) is 57.5 Å². The second-order valence-corrected chi connectivity index (χ2v) is 11.9. The van der Waals surface area contributed by atoms with Crippen LogP contribution in [0.2, 0.25) is 0 Å². The molecule has 0 bridgehead atoms. The second-order valence-electron chi connectivity index (χ2n) is 9.73. The van der Waals surface area contributed by atoms with Gasteiger partial charge in [-0.15, -0.1) is 0 Å². The van der Waals surface area contributed by atoms with Gasteiger partial charge in [0.25, 0.3) is 5.91 Å². The van der Waals surface area contributed by atoms with Gasteiger partial charge in [-0.25, -0.2) is 12.7 Å². The number of carbonyl (C=O) groups is 1. The lowest BCUT2D eigenvalue weighted by Gasteiger charge is -2.36. The number of rotatable bonds is 9. The van der Waals surface area contributed by atoms with Gasteiger partial charge in [0.05, 0.1) is 5.25 Å². The summed E-state index contributed by atoms with van der Waals surface area (Å²) in [6.45, 7) is 1.00. The van der Waals surface area contributed by atoms with E-state index in [-0.39, 0.29) is 36.7 Å². The predicted molar refractivity (Wildman–Crippen MR) is 119 cm³/mol. The smallest absolute Gasteiger partial charge is 0.360 e. The third-order valence-corrected chi connectivity index (χ3v) is 9.45. The highest BCUT2D eigenvalue weighted by molar-refractivity contribution is 7.89. The van der Waals surface area contributed by atoms with Gasteiger partial charge in [-0.3, -0.25) is 4.79 Å². The molecule has 8 nitrogen and oxygen atoms in total. The minimum Gasteiger partial charge on any atom is -0.360 e. The van der Waals surface area contributed by atoms with Crippen molar-refractivity contribution in [2.75, 3.05) is 19.6 Å². The Bertz CT molecular complexity index is 932. The number of halogens is 3. The summed E-state index contributed by atoms with van der Waals surface area (Å²) in [5, 5.41) is 9.47. The van der Waals surface area contributed by atoms with Crippen LogP contribution in [0.1, 0.15) is 86.4 Å². The van der Waals surface area contributed by atoms with Gasteiger partial charge in [-0.05, 0) is 64.3 Å². The largest absolute Gasteiger partial charge is 0.389 e. The average Bonchev–Trinajstić information content (AvgIpc) is 3.53. The van der Waals surface area contributed by atoms with E-state index in [1.54, 1.807) is 6.07 Å². The zero-order chi connectivity index (χ0) is 24.3. The molecule has 0 aromatic carbocycles. The van der Waals surface area contributed by atoms with Crippen molar-refractivity contribution in [1.29, 1.82) is 0 Å². The summed E-state index contributed by atoms with van der Waals surface area (Å²) in [5.41, 5.74) is 0.265. The molecule has 1 aromatic rings. The van der Waals surface area contributed by atoms with Crippen LogP contribution >= 0.6 is 0 Å². The van der Waals surface area contributed by atoms with Crippen LogP contribution in [-0.2, 0) is 10.0 Å². The van der Waals surface area contributed by atoms with Crippen LogP contribution in [-0.4, -0.2) is 66.9 Å². The van der Waals surface area contributed by atoms with Gasteiger partial charge < -0.3 is 15.2 Å². The van der Waals surface area contributed by atoms with Crippen molar-refractivity contribution in [1.82, 2.24) is 20.1 Å². The summed E-state index contributed by atoms with van der Waals surface area (Å²) in [5.74, 6) is 0.832. The Morgan fingerprint density at radius 1 is 1.06 bits per heavy atom. The first-order chi connectivity index (χ1) is 16.1. The lowest BCUT2D eigenvalue weighted by molar-refractivity contribution is -0.135. The van der Waals surface area contributed by atoms with Gasteiger partial charge >= 0.3 is 6.18 Å². The molecule has 12 heteroatoms. The van der Waals surface area contributed by atoms with Crippen LogP contribution in [0, 0.1) is 0 Å². The van der Waals surface area contributed by atoms with Crippen LogP contribution in [0.3, 0.4) is 0 Å². The molecule has 4 rings (SSSR count). The van der Waals surface area contributed by atoms with E-state index in [0.717, 1.165) is 18.6 Å². The fraction of sp³-hybridized carbons (Fsp3) is 0.818. The van der Waals surface area contributed by atoms with E-state index < -0.39 is 27.9 Å². The number of aromatic nitrogens is 1. The molecule has 3 fully saturated rings. The summed E-state index contributed by atoms with van der Waals surface area (Å²) < 4.78 is 69.7. The first-order valence-electron chi connectivity index (χ1n) is 12.2. The number of piperidine rings is 1. The fourth-order valence-electron chi connectivity index (χ4n) is 4.84. The molecule has 1 aliphatic heterocycles. The molecular weight excluding hydrogens is 473 g/mol. The van der Waals surface area contributed by atoms with E-state index in [4.69, 9.17) is 4.52 Å². The molecule has 1 aromatic heterocycles. The average molecular weight is 507 g/mol. The summed E-state index contributed by atoms with van der Waals surface area (Å²) >= 11 is 0. The SMILES string of the molecule is O=C(NC1CCN(S(=O)(=O)C2CCC(NCCCC(F)(F)F)CC2)CC1)c1cc(C2CC2)on1. The maximum atomic E-state index is 13.1. The lowest BCUT2D eigenvalue weighted by Crippen LogP contribution is -2.50. The van der Waals surface area contributed by atoms with E-state index in [1.165, 1.54) is 4.31 Å². The fourth-order valence-corrected chi connectivity index (χ4v) is 6.85. The van der Waals surface area contributed by atoms with Gasteiger partial charge in [0.15, 0.2) is 5.69 Å². The highest BCUT2D eigenvalue weighted by Crippen LogP contribution is 2.40. The van der Waals surface area contributed by atoms with E-state index in [9.17, 15) is 26.4 Å². The van der Waals surface area contributed by atoms with E-state index in [2.05, 4.69) is 15.8 Å². The molecule has 1 amide bonds. The second kappa shape index (κ2) is 10.5. The molecular formula is C22H33F3N4O4S. The predicted octanol–water partition coefficient (Wildman–Crippen LogP) is 3.32. The number of carbonyl (C=O) groups excluding carboxylic acids is 1. The molecule has 0 atom stereocenters. The van der Waals surface area contributed by atoms with Crippen LogP contribution in [0.25, 0.3) is 0 Å². The Hall–Kier alpha value is -1.66. The molecule has 2 saturated carbocycles. The Kier molecular flexibility index (Phi) is 7.88. The molecule has 192 valence electrons. The van der Waals surface area contributed by atoms with Gasteiger partial charge in [-0.2, -0.15) is 13.2 Å². The molecule has 0 spiro atoms. The number of hydrogen-bond acceptors (Lipinski definition) is 6. The highest BCUT2D eigenvalue weighted by atomic mass is 32.2. The van der Waals surface area contributed by atoms with Gasteiger partial charge in [-0.1, -0.05) is 5.16 Å². The minimum absolute atomic E-state index is 0.0333. The number of nitrogens with zero attached hydrogens (tertiary/aromatic N) is 2. The summed E-state index contributed by atoms with van der Waals surface area (Å²) in [6, 6.07) is 1.64. The van der Waals surface area contributed by atoms with Crippen molar-refractivity contribution >= 4 is 15.9 Å². The number of alkyl halides is 3. The van der Waals surface area contributed by atoms with Crippen molar-refractivity contribution < 1.29 is 30.9 Å². The third kappa shape index (κ3) is 6.72. The minimum atomic E-state index is -4.14. The number of sulfonamides is 1. The van der Waals surface area contributed by atoms with Gasteiger partial charge in [0, 0.05) is 43.6 Å². The molecule has 1 saturated heterocycles. The van der Waals surface area contributed by atoms with Crippen molar-refractivity contribution in [3.8, 4) is 0 Å². The van der Waals surface area contributed by atoms with Crippen LogP contribution in [0.5, 0.6) is 0 Å². The molecule has 2 heterocycles. The Morgan fingerprint density at radius 2 is 1.74 bits per heavy atom. The number of nitrogens with one attached hydrogen (secondary N) is 2. The maximum Gasteiger partial charge on any atom is 0.389 e. The van der Waals surface area contributed by atoms with Gasteiger partial charge in [0.1, 0.15) is 5.76 Å². The topological polar surface area (TPSA) is 105 Å². The molecule has 0 radical (unpaired) electrons. The van der Waals surface area contributed by atoms with Gasteiger partial charge in [0.2, 0.25) is 10.0 Å². The maximum absolute atomic E-state index is 13.1. The van der Waals surface area contributed by atoms with Crippen LogP contribution in [0.4, 0.5) is 13.2 Å². The Morgan fingerprint density at radius 3 is 2.35 bits per heavy atom. The Labute approximate surface area is 198 Å². The number of hydrogen-bond donors (Lipinski definition) is 2. The normalized spacial score (nSPS) is 25.4. The zero-order valence-electron chi connectivity index (χ0n) is 19.1. The lowest BCUT2D eigenvalue weighted by atomic mass is 9.95. The summed E-state index contributed by atoms with van der Waals surface area (Å²) in [4.78, 5) is 12.4. The monoisotopic (exact) mass is 506 g/mol. The first kappa shape index (κ1) is 25.4. The molecule has 3 aliphatic rings. The van der Waals surface area contributed by atoms with Crippen LogP contribution < -0.4 is 10.6 Å². The van der Waals surface area contributed by atoms with Crippen LogP contribution in [0.15, 0.2) is 10.6 Å². The molecule has 2 N–H and O–H groups in total. The standard InChI is InChI=1S/C22H33F3N4O4S/c23-22(24,25)10-1-11-26-16-4-6-18(7-5-16)34(31,32)29-12-8-17(9-13-29)27-21(30)19-14-20(33-28-19)15-2-3-15/h14-18,26H,1-13H2,(H,27,30). The molecule has 0 unspecified atom stereocenters. The van der Waals surface area contributed by atoms with E-state index >= 15 is 0 Å². The van der Waals surface area contributed by atoms with Crippen molar-refractivity contribution in [3.05, 3.63) is 17.5 Å². The zero-order valence-corrected chi connectivity index (χ0v) is 20.0. The summed E-state index contributed by atoms with van der Waals surface area (Å²) in [7, 11) is -3.44. The van der Waals surface area contributed by atoms with E-state index in [1.807, 2.05) is 0 Å². The quantitative estimate of drug-likeness (QED) is 0.498. The number of amides is 1. The summed E-state index contributed by atoms with van der Waals surface area (Å²) in [6.07, 6.45) is 0.573. The van der Waals surface area contributed by atoms with Crippen molar-refractivity contribution in [3.63, 3.8) is 0 Å². The molecule has 34 heavy (non-hydrogen) atoms. The third-order valence-electron chi connectivity index (χ3n) is 7.06. The molecule has 2 aliphatic carbocycles. The first-order valence-corrected chi connectivity index (χ1v) is 13.7.